The predicted molar refractivity (Wildman–Crippen MR) is 157 cm³/mol. The van der Waals surface area contributed by atoms with E-state index in [1.54, 1.807) is 0 Å². The van der Waals surface area contributed by atoms with E-state index in [0.717, 1.165) is 61.7 Å². The number of nitrogens with zero attached hydrogens (tertiary/aromatic N) is 5. The zero-order valence-corrected chi connectivity index (χ0v) is 22.6. The summed E-state index contributed by atoms with van der Waals surface area (Å²) in [5, 5.41) is 21.6. The summed E-state index contributed by atoms with van der Waals surface area (Å²) >= 11 is 0. The Hall–Kier alpha value is -4.10. The summed E-state index contributed by atoms with van der Waals surface area (Å²) in [5.41, 5.74) is 3.87. The van der Waals surface area contributed by atoms with Gasteiger partial charge >= 0.3 is 0 Å². The number of aromatic nitrogens is 3. The van der Waals surface area contributed by atoms with Crippen LogP contribution in [0.25, 0.3) is 0 Å². The Balaban J connectivity index is 1.23. The summed E-state index contributed by atoms with van der Waals surface area (Å²) in [4.78, 5) is 4.87. The first-order valence-electron chi connectivity index (χ1n) is 14.0. The fourth-order valence-electron chi connectivity index (χ4n) is 5.89. The average molecular weight is 530 g/mol. The minimum Gasteiger partial charge on any atom is -0.378 e. The monoisotopic (exact) mass is 529 g/mol. The van der Waals surface area contributed by atoms with Crippen LogP contribution in [0.2, 0.25) is 0 Å². The third-order valence-corrected chi connectivity index (χ3v) is 7.87. The highest BCUT2D eigenvalue weighted by Crippen LogP contribution is 2.44. The van der Waals surface area contributed by atoms with Crippen molar-refractivity contribution in [2.45, 2.75) is 24.7 Å². The van der Waals surface area contributed by atoms with Crippen molar-refractivity contribution in [1.29, 1.82) is 0 Å². The zero-order valence-electron chi connectivity index (χ0n) is 22.6. The number of piperazine rings is 1. The van der Waals surface area contributed by atoms with Crippen LogP contribution >= 0.6 is 0 Å². The van der Waals surface area contributed by atoms with Gasteiger partial charge < -0.3 is 5.11 Å². The van der Waals surface area contributed by atoms with E-state index in [-0.39, 0.29) is 6.04 Å². The molecule has 6 rings (SSSR count). The molecule has 4 aromatic carbocycles. The molecule has 1 aliphatic rings. The standard InChI is InChI=1S/C34H35N5O/c40-34(30-17-9-3-10-18-30,31-19-11-4-12-20-31)33(29-15-7-2-8-16-29)38-23-21-37(22-24-38)26-32-27-39(36-35-32)25-28-13-5-1-6-14-28/h1-20,27,33,40H,21-26H2/t33-/m1/s1. The SMILES string of the molecule is OC(c1ccccc1)(c1ccccc1)[C@@H](c1ccccc1)N1CCN(Cc2cn(Cc3ccccc3)nn2)CC1. The number of aliphatic hydroxyl groups is 1. The highest BCUT2D eigenvalue weighted by Gasteiger charge is 2.45. The number of rotatable bonds is 9. The van der Waals surface area contributed by atoms with Gasteiger partial charge in [0.25, 0.3) is 0 Å². The maximum absolute atomic E-state index is 12.8. The van der Waals surface area contributed by atoms with Gasteiger partial charge in [-0.1, -0.05) is 127 Å². The average Bonchev–Trinajstić information content (AvgIpc) is 3.46. The highest BCUT2D eigenvalue weighted by molar-refractivity contribution is 5.41. The minimum atomic E-state index is -1.22. The predicted octanol–water partition coefficient (Wildman–Crippen LogP) is 5.12. The van der Waals surface area contributed by atoms with Gasteiger partial charge in [0, 0.05) is 32.7 Å². The normalized spacial score (nSPS) is 15.6. The van der Waals surface area contributed by atoms with E-state index in [2.05, 4.69) is 62.7 Å². The Kier molecular flexibility index (Phi) is 7.82. The van der Waals surface area contributed by atoms with Gasteiger partial charge in [-0.15, -0.1) is 5.10 Å². The molecule has 0 spiro atoms. The third-order valence-electron chi connectivity index (χ3n) is 7.87. The van der Waals surface area contributed by atoms with Gasteiger partial charge in [0.1, 0.15) is 5.60 Å². The lowest BCUT2D eigenvalue weighted by Crippen LogP contribution is -2.53. The van der Waals surface area contributed by atoms with Crippen LogP contribution in [0.5, 0.6) is 0 Å². The number of benzene rings is 4. The van der Waals surface area contributed by atoms with Gasteiger partial charge in [-0.25, -0.2) is 4.68 Å². The van der Waals surface area contributed by atoms with Gasteiger partial charge in [-0.2, -0.15) is 0 Å². The molecule has 40 heavy (non-hydrogen) atoms. The van der Waals surface area contributed by atoms with Crippen LogP contribution in [0.3, 0.4) is 0 Å². The van der Waals surface area contributed by atoms with E-state index >= 15 is 0 Å². The molecule has 0 radical (unpaired) electrons. The fourth-order valence-corrected chi connectivity index (χ4v) is 5.89. The molecule has 1 saturated heterocycles. The van der Waals surface area contributed by atoms with Crippen molar-refractivity contribution in [3.8, 4) is 0 Å². The van der Waals surface area contributed by atoms with Crippen molar-refractivity contribution in [3.63, 3.8) is 0 Å². The number of hydrogen-bond acceptors (Lipinski definition) is 5. The van der Waals surface area contributed by atoms with Gasteiger partial charge in [0.15, 0.2) is 0 Å². The quantitative estimate of drug-likeness (QED) is 0.287. The molecule has 1 atom stereocenters. The van der Waals surface area contributed by atoms with Crippen LogP contribution in [0.15, 0.2) is 128 Å². The maximum atomic E-state index is 12.8. The van der Waals surface area contributed by atoms with Gasteiger partial charge in [0.2, 0.25) is 0 Å². The molecule has 6 heteroatoms. The van der Waals surface area contributed by atoms with E-state index in [9.17, 15) is 5.11 Å². The first-order chi connectivity index (χ1) is 19.7. The second kappa shape index (κ2) is 12.0. The lowest BCUT2D eigenvalue weighted by molar-refractivity contribution is -0.0405. The molecular formula is C34H35N5O. The highest BCUT2D eigenvalue weighted by atomic mass is 16.3. The fraction of sp³-hybridized carbons (Fsp3) is 0.235. The summed E-state index contributed by atoms with van der Waals surface area (Å²) in [7, 11) is 0. The smallest absolute Gasteiger partial charge is 0.134 e. The minimum absolute atomic E-state index is 0.243. The van der Waals surface area contributed by atoms with Crippen LogP contribution in [0.4, 0.5) is 0 Å². The molecule has 6 nitrogen and oxygen atoms in total. The second-order valence-electron chi connectivity index (χ2n) is 10.5. The van der Waals surface area contributed by atoms with Crippen LogP contribution in [-0.4, -0.2) is 56.1 Å². The maximum Gasteiger partial charge on any atom is 0.134 e. The Morgan fingerprint density at radius 1 is 0.650 bits per heavy atom. The van der Waals surface area contributed by atoms with Crippen LogP contribution < -0.4 is 0 Å². The Morgan fingerprint density at radius 3 is 1.75 bits per heavy atom. The summed E-state index contributed by atoms with van der Waals surface area (Å²) in [5.74, 6) is 0. The molecule has 0 amide bonds. The van der Waals surface area contributed by atoms with Gasteiger partial charge in [-0.05, 0) is 22.3 Å². The first-order valence-corrected chi connectivity index (χ1v) is 14.0. The first kappa shape index (κ1) is 26.1. The second-order valence-corrected chi connectivity index (χ2v) is 10.5. The summed E-state index contributed by atoms with van der Waals surface area (Å²) in [6.45, 7) is 4.92. The number of hydrogen-bond donors (Lipinski definition) is 1. The molecule has 0 aliphatic carbocycles. The van der Waals surface area contributed by atoms with E-state index in [4.69, 9.17) is 0 Å². The van der Waals surface area contributed by atoms with Crippen LogP contribution in [0.1, 0.15) is 34.0 Å². The molecule has 5 aromatic rings. The molecule has 1 fully saturated rings. The Morgan fingerprint density at radius 2 is 1.18 bits per heavy atom. The van der Waals surface area contributed by atoms with Crippen molar-refractivity contribution < 1.29 is 5.11 Å². The molecule has 1 N–H and O–H groups in total. The van der Waals surface area contributed by atoms with E-state index in [0.29, 0.717) is 0 Å². The molecule has 1 aliphatic heterocycles. The Bertz CT molecular complexity index is 1430. The molecular weight excluding hydrogens is 494 g/mol. The van der Waals surface area contributed by atoms with E-state index in [1.807, 2.05) is 89.6 Å². The zero-order chi connectivity index (χ0) is 27.2. The third kappa shape index (κ3) is 5.61. The summed E-state index contributed by atoms with van der Waals surface area (Å²) in [6.07, 6.45) is 2.05. The molecule has 2 heterocycles. The van der Waals surface area contributed by atoms with Crippen LogP contribution in [-0.2, 0) is 18.7 Å². The van der Waals surface area contributed by atoms with Gasteiger partial charge in [-0.3, -0.25) is 9.80 Å². The Labute approximate surface area is 236 Å². The van der Waals surface area contributed by atoms with Gasteiger partial charge in [0.05, 0.1) is 24.5 Å². The van der Waals surface area contributed by atoms with Crippen molar-refractivity contribution in [2.24, 2.45) is 0 Å². The summed E-state index contributed by atoms with van der Waals surface area (Å²) < 4.78 is 1.91. The van der Waals surface area contributed by atoms with E-state index in [1.165, 1.54) is 5.56 Å². The van der Waals surface area contributed by atoms with Crippen molar-refractivity contribution >= 4 is 0 Å². The molecule has 1 aromatic heterocycles. The van der Waals surface area contributed by atoms with E-state index < -0.39 is 5.60 Å². The largest absolute Gasteiger partial charge is 0.378 e. The molecule has 0 saturated carbocycles. The molecule has 202 valence electrons. The molecule has 0 unspecified atom stereocenters. The lowest BCUT2D eigenvalue weighted by atomic mass is 9.76. The lowest BCUT2D eigenvalue weighted by Gasteiger charge is -2.47. The summed E-state index contributed by atoms with van der Waals surface area (Å²) in [6, 6.07) is 40.7. The van der Waals surface area contributed by atoms with Crippen molar-refractivity contribution in [2.75, 3.05) is 26.2 Å². The van der Waals surface area contributed by atoms with Crippen LogP contribution in [0, 0.1) is 0 Å². The van der Waals surface area contributed by atoms with Crippen molar-refractivity contribution in [1.82, 2.24) is 24.8 Å². The topological polar surface area (TPSA) is 57.4 Å². The van der Waals surface area contributed by atoms with Crippen molar-refractivity contribution in [3.05, 3.63) is 155 Å². The molecule has 0 bridgehead atoms.